The number of carboxylic acids is 1. The van der Waals surface area contributed by atoms with Crippen molar-refractivity contribution in [2.24, 2.45) is 17.3 Å². The zero-order chi connectivity index (χ0) is 32.1. The Morgan fingerprint density at radius 3 is 1.83 bits per heavy atom. The van der Waals surface area contributed by atoms with Crippen LogP contribution in [0.15, 0.2) is 18.2 Å². The standard InChI is InChI=1S/C31H49NO10/c1-10-22(7)32-31(26(33)34,42-27(35)30(8,9)11-2)19-23-12-13-24(40-28(36)38-16-14-20(3)4)25(18-23)41-29(37)39-17-15-21(5)6/h12-13,18,20-22,32H,10-11,14-17,19H2,1-9H3,(H,33,34)/t22?,31-/m0/s1. The maximum atomic E-state index is 13.1. The number of carbonyl (C=O) groups is 4. The van der Waals surface area contributed by atoms with Gasteiger partial charge in [0.15, 0.2) is 11.5 Å². The molecule has 0 aliphatic carbocycles. The second-order valence-corrected chi connectivity index (χ2v) is 11.9. The van der Waals surface area contributed by atoms with Crippen LogP contribution >= 0.6 is 0 Å². The molecule has 0 saturated heterocycles. The molecule has 2 atom stereocenters. The number of carboxylic acid groups (broad SMARTS) is 1. The molecule has 42 heavy (non-hydrogen) atoms. The first kappa shape index (κ1) is 36.7. The number of esters is 1. The molecule has 0 aliphatic heterocycles. The monoisotopic (exact) mass is 595 g/mol. The number of hydrogen-bond donors (Lipinski definition) is 2. The molecule has 0 heterocycles. The molecular formula is C31H49NO10. The van der Waals surface area contributed by atoms with Gasteiger partial charge in [0.1, 0.15) is 0 Å². The quantitative estimate of drug-likeness (QED) is 0.0880. The molecule has 238 valence electrons. The van der Waals surface area contributed by atoms with Crippen molar-refractivity contribution in [1.29, 1.82) is 0 Å². The lowest BCUT2D eigenvalue weighted by atomic mass is 9.90. The fraction of sp³-hybridized carbons (Fsp3) is 0.677. The Bertz CT molecular complexity index is 1050. The normalized spacial score (nSPS) is 13.7. The Hall–Kier alpha value is -3.34. The highest BCUT2D eigenvalue weighted by Crippen LogP contribution is 2.33. The molecule has 0 bridgehead atoms. The second-order valence-electron chi connectivity index (χ2n) is 11.9. The molecule has 2 N–H and O–H groups in total. The average molecular weight is 596 g/mol. The van der Waals surface area contributed by atoms with E-state index in [9.17, 15) is 24.3 Å². The molecule has 1 aromatic rings. The molecule has 0 aliphatic rings. The van der Waals surface area contributed by atoms with E-state index in [1.807, 2.05) is 41.5 Å². The van der Waals surface area contributed by atoms with Gasteiger partial charge in [0.25, 0.3) is 5.72 Å². The van der Waals surface area contributed by atoms with Crippen LogP contribution in [0.4, 0.5) is 9.59 Å². The van der Waals surface area contributed by atoms with E-state index in [4.69, 9.17) is 23.7 Å². The number of benzene rings is 1. The van der Waals surface area contributed by atoms with Crippen molar-refractivity contribution >= 4 is 24.2 Å². The average Bonchev–Trinajstić information content (AvgIpc) is 2.89. The molecule has 1 unspecified atom stereocenters. The van der Waals surface area contributed by atoms with Crippen LogP contribution in [0.25, 0.3) is 0 Å². The molecular weight excluding hydrogens is 546 g/mol. The van der Waals surface area contributed by atoms with Gasteiger partial charge in [-0.1, -0.05) is 47.6 Å². The fourth-order valence-corrected chi connectivity index (χ4v) is 3.35. The Morgan fingerprint density at radius 2 is 1.38 bits per heavy atom. The summed E-state index contributed by atoms with van der Waals surface area (Å²) in [6.45, 7) is 17.0. The molecule has 1 aromatic carbocycles. The van der Waals surface area contributed by atoms with Crippen LogP contribution in [0.1, 0.15) is 93.6 Å². The van der Waals surface area contributed by atoms with Crippen LogP contribution in [0.2, 0.25) is 0 Å². The third-order valence-corrected chi connectivity index (χ3v) is 6.82. The first-order chi connectivity index (χ1) is 19.5. The summed E-state index contributed by atoms with van der Waals surface area (Å²) >= 11 is 0. The number of carbonyl (C=O) groups excluding carboxylic acids is 3. The molecule has 0 spiro atoms. The van der Waals surface area contributed by atoms with Crippen molar-refractivity contribution in [3.63, 3.8) is 0 Å². The van der Waals surface area contributed by atoms with Crippen molar-refractivity contribution in [2.75, 3.05) is 13.2 Å². The lowest BCUT2D eigenvalue weighted by Crippen LogP contribution is -2.60. The van der Waals surface area contributed by atoms with Crippen molar-refractivity contribution in [3.05, 3.63) is 23.8 Å². The summed E-state index contributed by atoms with van der Waals surface area (Å²) in [5.41, 5.74) is -2.74. The maximum Gasteiger partial charge on any atom is 0.513 e. The van der Waals surface area contributed by atoms with Gasteiger partial charge in [-0.15, -0.1) is 0 Å². The van der Waals surface area contributed by atoms with Gasteiger partial charge < -0.3 is 28.8 Å². The van der Waals surface area contributed by atoms with Crippen LogP contribution in [-0.4, -0.2) is 54.3 Å². The fourth-order valence-electron chi connectivity index (χ4n) is 3.35. The minimum atomic E-state index is -2.13. The highest BCUT2D eigenvalue weighted by atomic mass is 16.7. The highest BCUT2D eigenvalue weighted by Gasteiger charge is 2.46. The molecule has 0 saturated carbocycles. The van der Waals surface area contributed by atoms with E-state index < -0.39 is 35.4 Å². The van der Waals surface area contributed by atoms with Crippen LogP contribution in [0, 0.1) is 17.3 Å². The van der Waals surface area contributed by atoms with E-state index in [2.05, 4.69) is 5.32 Å². The molecule has 0 radical (unpaired) electrons. The third-order valence-electron chi connectivity index (χ3n) is 6.82. The summed E-state index contributed by atoms with van der Waals surface area (Å²) in [4.78, 5) is 50.5. The summed E-state index contributed by atoms with van der Waals surface area (Å²) in [6, 6.07) is 3.86. The number of ether oxygens (including phenoxy) is 5. The second kappa shape index (κ2) is 16.9. The van der Waals surface area contributed by atoms with Crippen molar-refractivity contribution in [1.82, 2.24) is 5.32 Å². The molecule has 0 aromatic heterocycles. The highest BCUT2D eigenvalue weighted by molar-refractivity contribution is 5.84. The van der Waals surface area contributed by atoms with Crippen LogP contribution in [0.5, 0.6) is 11.5 Å². The van der Waals surface area contributed by atoms with Crippen LogP contribution < -0.4 is 14.8 Å². The predicted octanol–water partition coefficient (Wildman–Crippen LogP) is 6.50. The molecule has 0 fully saturated rings. The first-order valence-corrected chi connectivity index (χ1v) is 14.6. The Morgan fingerprint density at radius 1 is 0.857 bits per heavy atom. The summed E-state index contributed by atoms with van der Waals surface area (Å²) in [6.07, 6.45) is -0.0982. The van der Waals surface area contributed by atoms with Gasteiger partial charge >= 0.3 is 24.2 Å². The Balaban J connectivity index is 3.43. The minimum Gasteiger partial charge on any atom is -0.477 e. The van der Waals surface area contributed by atoms with E-state index in [0.717, 1.165) is 0 Å². The minimum absolute atomic E-state index is 0.119. The number of rotatable bonds is 17. The van der Waals surface area contributed by atoms with E-state index in [-0.39, 0.29) is 37.2 Å². The molecule has 11 heteroatoms. The van der Waals surface area contributed by atoms with E-state index in [1.54, 1.807) is 20.8 Å². The number of hydrogen-bond acceptors (Lipinski definition) is 10. The maximum absolute atomic E-state index is 13.1. The van der Waals surface area contributed by atoms with Crippen LogP contribution in [-0.2, 0) is 30.2 Å². The van der Waals surface area contributed by atoms with Gasteiger partial charge in [-0.2, -0.15) is 0 Å². The van der Waals surface area contributed by atoms with Crippen molar-refractivity contribution in [3.8, 4) is 11.5 Å². The van der Waals surface area contributed by atoms with E-state index in [1.165, 1.54) is 18.2 Å². The molecule has 1 rings (SSSR count). The predicted molar refractivity (Wildman–Crippen MR) is 156 cm³/mol. The van der Waals surface area contributed by atoms with Crippen molar-refractivity contribution in [2.45, 2.75) is 106 Å². The SMILES string of the molecule is CCC(C)N[C@@](Cc1ccc(OC(=O)OCCC(C)C)c(OC(=O)OCCC(C)C)c1)(OC(=O)C(C)(C)CC)C(=O)O. The lowest BCUT2D eigenvalue weighted by molar-refractivity contribution is -0.191. The third kappa shape index (κ3) is 12.3. The molecule has 11 nitrogen and oxygen atoms in total. The van der Waals surface area contributed by atoms with Crippen LogP contribution in [0.3, 0.4) is 0 Å². The largest absolute Gasteiger partial charge is 0.513 e. The Kier molecular flexibility index (Phi) is 14.8. The van der Waals surface area contributed by atoms with Gasteiger partial charge in [0.05, 0.1) is 18.6 Å². The first-order valence-electron chi connectivity index (χ1n) is 14.6. The van der Waals surface area contributed by atoms with Gasteiger partial charge in [0.2, 0.25) is 0 Å². The molecule has 0 amide bonds. The summed E-state index contributed by atoms with van der Waals surface area (Å²) in [5.74, 6) is -1.79. The summed E-state index contributed by atoms with van der Waals surface area (Å²) in [7, 11) is 0. The van der Waals surface area contributed by atoms with E-state index in [0.29, 0.717) is 43.1 Å². The summed E-state index contributed by atoms with van der Waals surface area (Å²) < 4.78 is 26.6. The Labute approximate surface area is 249 Å². The zero-order valence-corrected chi connectivity index (χ0v) is 26.5. The number of nitrogens with one attached hydrogen (secondary N) is 1. The topological polar surface area (TPSA) is 147 Å². The summed E-state index contributed by atoms with van der Waals surface area (Å²) in [5, 5.41) is 13.3. The van der Waals surface area contributed by atoms with Gasteiger partial charge in [-0.3, -0.25) is 10.1 Å². The smallest absolute Gasteiger partial charge is 0.477 e. The van der Waals surface area contributed by atoms with Gasteiger partial charge in [0, 0.05) is 12.5 Å². The van der Waals surface area contributed by atoms with Gasteiger partial charge in [-0.05, 0) is 76.0 Å². The lowest BCUT2D eigenvalue weighted by Gasteiger charge is -2.35. The van der Waals surface area contributed by atoms with Crippen molar-refractivity contribution < 1.29 is 48.0 Å². The zero-order valence-electron chi connectivity index (χ0n) is 26.5. The van der Waals surface area contributed by atoms with Gasteiger partial charge in [-0.25, -0.2) is 14.4 Å². The number of aliphatic carboxylic acids is 1. The van der Waals surface area contributed by atoms with E-state index >= 15 is 0 Å².